The van der Waals surface area contributed by atoms with Crippen molar-refractivity contribution in [3.8, 4) is 6.07 Å². The highest BCUT2D eigenvalue weighted by molar-refractivity contribution is 5.79. The first-order chi connectivity index (χ1) is 11.6. The van der Waals surface area contributed by atoms with E-state index in [0.717, 1.165) is 57.5 Å². The highest BCUT2D eigenvalue weighted by Crippen LogP contribution is 2.28. The molecule has 1 amide bonds. The van der Waals surface area contributed by atoms with Crippen LogP contribution in [0, 0.1) is 17.1 Å². The van der Waals surface area contributed by atoms with E-state index in [1.807, 2.05) is 0 Å². The number of hydrogen-bond acceptors (Lipinski definition) is 4. The maximum Gasteiger partial charge on any atom is 0.235 e. The zero-order valence-electron chi connectivity index (χ0n) is 13.8. The topological polar surface area (TPSA) is 59.4 Å². The zero-order valence-corrected chi connectivity index (χ0v) is 13.8. The van der Waals surface area contributed by atoms with Gasteiger partial charge in [0.1, 0.15) is 11.4 Å². The fraction of sp³-hybridized carbons (Fsp3) is 0.556. The van der Waals surface area contributed by atoms with Crippen LogP contribution in [0.1, 0.15) is 25.7 Å². The number of nitriles is 1. The second kappa shape index (κ2) is 7.18. The van der Waals surface area contributed by atoms with E-state index in [2.05, 4.69) is 21.2 Å². The molecule has 2 aliphatic rings. The van der Waals surface area contributed by atoms with E-state index in [4.69, 9.17) is 0 Å². The van der Waals surface area contributed by atoms with Crippen LogP contribution in [0.2, 0.25) is 0 Å². The highest BCUT2D eigenvalue weighted by atomic mass is 19.1. The molecule has 3 rings (SSSR count). The Morgan fingerprint density at radius 3 is 2.38 bits per heavy atom. The van der Waals surface area contributed by atoms with Crippen molar-refractivity contribution in [2.75, 3.05) is 37.6 Å². The van der Waals surface area contributed by atoms with Crippen LogP contribution in [0.15, 0.2) is 24.3 Å². The van der Waals surface area contributed by atoms with Gasteiger partial charge in [0.05, 0.1) is 12.6 Å². The molecule has 0 spiro atoms. The van der Waals surface area contributed by atoms with Gasteiger partial charge < -0.3 is 10.2 Å². The number of benzene rings is 1. The van der Waals surface area contributed by atoms with Gasteiger partial charge in [-0.05, 0) is 49.9 Å². The first-order valence-electron chi connectivity index (χ1n) is 8.55. The van der Waals surface area contributed by atoms with Crippen molar-refractivity contribution in [3.63, 3.8) is 0 Å². The van der Waals surface area contributed by atoms with Gasteiger partial charge in [-0.1, -0.05) is 0 Å². The summed E-state index contributed by atoms with van der Waals surface area (Å²) in [7, 11) is 0. The lowest BCUT2D eigenvalue weighted by molar-refractivity contribution is -0.123. The Morgan fingerprint density at radius 2 is 1.79 bits per heavy atom. The molecule has 2 fully saturated rings. The lowest BCUT2D eigenvalue weighted by Crippen LogP contribution is -2.53. The minimum atomic E-state index is -0.646. The third-order valence-corrected chi connectivity index (χ3v) is 4.98. The van der Waals surface area contributed by atoms with Crippen molar-refractivity contribution in [2.24, 2.45) is 0 Å². The molecule has 0 unspecified atom stereocenters. The van der Waals surface area contributed by atoms with Crippen molar-refractivity contribution >= 4 is 11.6 Å². The number of rotatable bonds is 4. The summed E-state index contributed by atoms with van der Waals surface area (Å²) in [5.74, 6) is -0.291. The third-order valence-electron chi connectivity index (χ3n) is 4.98. The lowest BCUT2D eigenvalue weighted by atomic mass is 10.00. The summed E-state index contributed by atoms with van der Waals surface area (Å²) in [6.45, 7) is 3.51. The number of hydrogen-bond donors (Lipinski definition) is 1. The maximum atomic E-state index is 13.0. The van der Waals surface area contributed by atoms with E-state index in [0.29, 0.717) is 6.54 Å². The fourth-order valence-electron chi connectivity index (χ4n) is 3.57. The largest absolute Gasteiger partial charge is 0.369 e. The predicted octanol–water partition coefficient (Wildman–Crippen LogP) is 1.90. The maximum absolute atomic E-state index is 13.0. The van der Waals surface area contributed by atoms with Crippen LogP contribution in [0.5, 0.6) is 0 Å². The molecule has 5 nitrogen and oxygen atoms in total. The summed E-state index contributed by atoms with van der Waals surface area (Å²) in [4.78, 5) is 16.6. The van der Waals surface area contributed by atoms with Crippen molar-refractivity contribution in [1.29, 1.82) is 5.26 Å². The van der Waals surface area contributed by atoms with Gasteiger partial charge in [0.25, 0.3) is 0 Å². The second-order valence-corrected chi connectivity index (χ2v) is 6.69. The summed E-state index contributed by atoms with van der Waals surface area (Å²) in [5.41, 5.74) is 0.363. The van der Waals surface area contributed by atoms with E-state index in [1.165, 1.54) is 12.1 Å². The van der Waals surface area contributed by atoms with Crippen molar-refractivity contribution in [1.82, 2.24) is 10.2 Å². The van der Waals surface area contributed by atoms with E-state index < -0.39 is 5.54 Å². The molecule has 0 atom stereocenters. The number of anilines is 1. The van der Waals surface area contributed by atoms with Crippen LogP contribution in [0.25, 0.3) is 0 Å². The molecule has 6 heteroatoms. The summed E-state index contributed by atoms with van der Waals surface area (Å²) in [6.07, 6.45) is 3.52. The quantitative estimate of drug-likeness (QED) is 0.916. The number of nitrogens with one attached hydrogen (secondary N) is 1. The Hall–Kier alpha value is -2.13. The molecule has 1 aliphatic heterocycles. The molecule has 1 heterocycles. The van der Waals surface area contributed by atoms with Gasteiger partial charge in [-0.2, -0.15) is 5.26 Å². The normalized spacial score (nSPS) is 20.6. The molecule has 1 aromatic carbocycles. The molecule has 1 N–H and O–H groups in total. The molecule has 128 valence electrons. The molecule has 24 heavy (non-hydrogen) atoms. The van der Waals surface area contributed by atoms with Gasteiger partial charge in [0.2, 0.25) is 5.91 Å². The Labute approximate surface area is 142 Å². The van der Waals surface area contributed by atoms with Gasteiger partial charge in [0.15, 0.2) is 0 Å². The smallest absolute Gasteiger partial charge is 0.235 e. The molecule has 0 bridgehead atoms. The lowest BCUT2D eigenvalue weighted by Gasteiger charge is -2.36. The Kier molecular flexibility index (Phi) is 5.00. The van der Waals surface area contributed by atoms with Crippen molar-refractivity contribution in [3.05, 3.63) is 30.1 Å². The van der Waals surface area contributed by atoms with Gasteiger partial charge in [-0.25, -0.2) is 4.39 Å². The first-order valence-corrected chi connectivity index (χ1v) is 8.55. The molecule has 0 aromatic heterocycles. The minimum Gasteiger partial charge on any atom is -0.369 e. The molecular formula is C18H23FN4O. The Morgan fingerprint density at radius 1 is 1.17 bits per heavy atom. The van der Waals surface area contributed by atoms with E-state index in [-0.39, 0.29) is 11.7 Å². The average Bonchev–Trinajstić information content (AvgIpc) is 3.05. The monoisotopic (exact) mass is 330 g/mol. The van der Waals surface area contributed by atoms with Crippen LogP contribution in [-0.2, 0) is 4.79 Å². The standard InChI is InChI=1S/C18H23FN4O/c19-15-3-5-16(6-4-15)23-11-9-22(10-12-23)13-17(24)21-18(14-20)7-1-2-8-18/h3-6H,1-2,7-13H2,(H,21,24). The Bertz CT molecular complexity index is 611. The number of nitrogens with zero attached hydrogens (tertiary/aromatic N) is 3. The molecule has 0 radical (unpaired) electrons. The van der Waals surface area contributed by atoms with Crippen molar-refractivity contribution < 1.29 is 9.18 Å². The zero-order chi connectivity index (χ0) is 17.0. The second-order valence-electron chi connectivity index (χ2n) is 6.69. The molecule has 1 aliphatic carbocycles. The fourth-order valence-corrected chi connectivity index (χ4v) is 3.57. The predicted molar refractivity (Wildman–Crippen MR) is 90.0 cm³/mol. The minimum absolute atomic E-state index is 0.0614. The Balaban J connectivity index is 1.47. The van der Waals surface area contributed by atoms with E-state index >= 15 is 0 Å². The number of halogens is 1. The van der Waals surface area contributed by atoms with Gasteiger partial charge in [0, 0.05) is 31.9 Å². The summed E-state index contributed by atoms with van der Waals surface area (Å²) in [6, 6.07) is 8.80. The molecule has 1 saturated carbocycles. The van der Waals surface area contributed by atoms with E-state index in [1.54, 1.807) is 12.1 Å². The van der Waals surface area contributed by atoms with Gasteiger partial charge in [-0.15, -0.1) is 0 Å². The molecular weight excluding hydrogens is 307 g/mol. The van der Waals surface area contributed by atoms with Crippen molar-refractivity contribution in [2.45, 2.75) is 31.2 Å². The van der Waals surface area contributed by atoms with Crippen LogP contribution in [0.4, 0.5) is 10.1 Å². The van der Waals surface area contributed by atoms with Crippen LogP contribution in [0.3, 0.4) is 0 Å². The number of carbonyl (C=O) groups is 1. The van der Waals surface area contributed by atoms with Gasteiger partial charge >= 0.3 is 0 Å². The van der Waals surface area contributed by atoms with E-state index in [9.17, 15) is 14.4 Å². The van der Waals surface area contributed by atoms with Crippen LogP contribution < -0.4 is 10.2 Å². The van der Waals surface area contributed by atoms with Gasteiger partial charge in [-0.3, -0.25) is 9.69 Å². The number of amides is 1. The first kappa shape index (κ1) is 16.7. The highest BCUT2D eigenvalue weighted by Gasteiger charge is 2.35. The summed E-state index contributed by atoms with van der Waals surface area (Å²) >= 11 is 0. The average molecular weight is 330 g/mol. The van der Waals surface area contributed by atoms with Crippen LogP contribution in [-0.4, -0.2) is 49.1 Å². The molecule has 1 aromatic rings. The molecule has 1 saturated heterocycles. The third kappa shape index (κ3) is 3.85. The summed E-state index contributed by atoms with van der Waals surface area (Å²) in [5, 5.41) is 12.3. The van der Waals surface area contributed by atoms with Crippen LogP contribution >= 0.6 is 0 Å². The number of piperazine rings is 1. The number of carbonyl (C=O) groups excluding carboxylic acids is 1. The SMILES string of the molecule is N#CC1(NC(=O)CN2CCN(c3ccc(F)cc3)CC2)CCCC1. The summed E-state index contributed by atoms with van der Waals surface area (Å²) < 4.78 is 13.0.